The van der Waals surface area contributed by atoms with E-state index in [9.17, 15) is 5.11 Å². The number of hydrogen-bond acceptors (Lipinski definition) is 2. The molecule has 2 rings (SSSR count). The topological polar surface area (TPSA) is 20.2 Å². The van der Waals surface area contributed by atoms with Crippen molar-refractivity contribution in [3.8, 4) is 0 Å². The second-order valence-corrected chi connectivity index (χ2v) is 6.55. The molecule has 2 heteroatoms. The van der Waals surface area contributed by atoms with Crippen molar-refractivity contribution in [3.05, 3.63) is 65.2 Å². The van der Waals surface area contributed by atoms with Gasteiger partial charge in [0.2, 0.25) is 0 Å². The van der Waals surface area contributed by atoms with Gasteiger partial charge in [0.25, 0.3) is 0 Å². The van der Waals surface area contributed by atoms with Crippen molar-refractivity contribution in [2.75, 3.05) is 5.75 Å². The number of aliphatic hydroxyl groups excluding tert-OH is 1. The molecule has 0 aliphatic carbocycles. The Bertz CT molecular complexity index is 528. The maximum Gasteiger partial charge on any atom is 0.0883 e. The summed E-state index contributed by atoms with van der Waals surface area (Å²) in [5.74, 6) is 1.22. The Labute approximate surface area is 126 Å². The fourth-order valence-electron chi connectivity index (χ4n) is 2.01. The lowest BCUT2D eigenvalue weighted by atomic mass is 10.0. The molecule has 0 radical (unpaired) electrons. The van der Waals surface area contributed by atoms with Gasteiger partial charge in [-0.3, -0.25) is 0 Å². The highest BCUT2D eigenvalue weighted by molar-refractivity contribution is 7.99. The van der Waals surface area contributed by atoms with E-state index in [0.717, 1.165) is 5.56 Å². The van der Waals surface area contributed by atoms with Gasteiger partial charge in [-0.15, -0.1) is 11.8 Å². The van der Waals surface area contributed by atoms with Crippen molar-refractivity contribution in [1.82, 2.24) is 0 Å². The Morgan fingerprint density at radius 3 is 2.00 bits per heavy atom. The van der Waals surface area contributed by atoms with Crippen molar-refractivity contribution < 1.29 is 5.11 Å². The number of aliphatic hydroxyl groups is 1. The molecule has 0 spiro atoms. The van der Waals surface area contributed by atoms with Crippen molar-refractivity contribution in [3.63, 3.8) is 0 Å². The quantitative estimate of drug-likeness (QED) is 0.785. The average molecular weight is 286 g/mol. The highest BCUT2D eigenvalue weighted by Gasteiger charge is 2.09. The van der Waals surface area contributed by atoms with Crippen LogP contribution in [0.5, 0.6) is 0 Å². The van der Waals surface area contributed by atoms with Crippen LogP contribution in [0.25, 0.3) is 0 Å². The highest BCUT2D eigenvalue weighted by atomic mass is 32.2. The maximum atomic E-state index is 10.2. The lowest BCUT2D eigenvalue weighted by molar-refractivity contribution is 0.204. The minimum Gasteiger partial charge on any atom is -0.388 e. The van der Waals surface area contributed by atoms with Gasteiger partial charge < -0.3 is 5.11 Å². The van der Waals surface area contributed by atoms with Gasteiger partial charge in [0, 0.05) is 10.6 Å². The Morgan fingerprint density at radius 1 is 0.900 bits per heavy atom. The molecule has 2 aromatic rings. The normalized spacial score (nSPS) is 12.7. The molecule has 0 heterocycles. The van der Waals surface area contributed by atoms with Gasteiger partial charge in [0.1, 0.15) is 0 Å². The molecule has 2 aromatic carbocycles. The van der Waals surface area contributed by atoms with E-state index in [1.165, 1.54) is 16.0 Å². The standard InChI is InChI=1S/C18H22OS/c1-13(2)15-6-8-16(9-7-15)18(19)12-20-17-10-4-14(3)5-11-17/h4-11,13,18-19H,12H2,1-3H3. The van der Waals surface area contributed by atoms with Crippen LogP contribution in [0.3, 0.4) is 0 Å². The summed E-state index contributed by atoms with van der Waals surface area (Å²) in [4.78, 5) is 1.20. The van der Waals surface area contributed by atoms with Crippen LogP contribution in [0, 0.1) is 6.92 Å². The summed E-state index contributed by atoms with van der Waals surface area (Å²) in [6.07, 6.45) is -0.414. The summed E-state index contributed by atoms with van der Waals surface area (Å²) in [7, 11) is 0. The van der Waals surface area contributed by atoms with Crippen molar-refractivity contribution >= 4 is 11.8 Å². The van der Waals surface area contributed by atoms with Crippen molar-refractivity contribution in [2.45, 2.75) is 37.7 Å². The molecule has 0 bridgehead atoms. The molecule has 20 heavy (non-hydrogen) atoms. The third-order valence-corrected chi connectivity index (χ3v) is 4.50. The largest absolute Gasteiger partial charge is 0.388 e. The molecule has 1 atom stereocenters. The molecular formula is C18H22OS. The zero-order valence-corrected chi connectivity index (χ0v) is 13.2. The number of aryl methyl sites for hydroxylation is 1. The molecule has 0 fully saturated rings. The minimum atomic E-state index is -0.414. The Kier molecular flexibility index (Phi) is 5.27. The van der Waals surface area contributed by atoms with E-state index >= 15 is 0 Å². The van der Waals surface area contributed by atoms with Gasteiger partial charge in [0.15, 0.2) is 0 Å². The van der Waals surface area contributed by atoms with E-state index in [0.29, 0.717) is 11.7 Å². The van der Waals surface area contributed by atoms with Gasteiger partial charge in [-0.2, -0.15) is 0 Å². The first-order valence-electron chi connectivity index (χ1n) is 7.03. The molecule has 0 aliphatic heterocycles. The number of thioether (sulfide) groups is 1. The van der Waals surface area contributed by atoms with E-state index in [1.807, 2.05) is 12.1 Å². The third kappa shape index (κ3) is 4.12. The van der Waals surface area contributed by atoms with Crippen LogP contribution in [0.2, 0.25) is 0 Å². The van der Waals surface area contributed by atoms with E-state index in [1.54, 1.807) is 11.8 Å². The maximum absolute atomic E-state index is 10.2. The number of benzene rings is 2. The lowest BCUT2D eigenvalue weighted by Crippen LogP contribution is -2.01. The average Bonchev–Trinajstić information content (AvgIpc) is 2.46. The smallest absolute Gasteiger partial charge is 0.0883 e. The second-order valence-electron chi connectivity index (χ2n) is 5.46. The molecule has 0 saturated carbocycles. The van der Waals surface area contributed by atoms with E-state index in [4.69, 9.17) is 0 Å². The fraction of sp³-hybridized carbons (Fsp3) is 0.333. The molecule has 0 aromatic heterocycles. The first-order valence-corrected chi connectivity index (χ1v) is 8.02. The molecular weight excluding hydrogens is 264 g/mol. The predicted octanol–water partition coefficient (Wildman–Crippen LogP) is 4.94. The molecule has 0 aliphatic rings. The minimum absolute atomic E-state index is 0.414. The van der Waals surface area contributed by atoms with Crippen LogP contribution in [0.15, 0.2) is 53.4 Å². The summed E-state index contributed by atoms with van der Waals surface area (Å²) in [5, 5.41) is 10.2. The summed E-state index contributed by atoms with van der Waals surface area (Å²) in [6, 6.07) is 16.7. The summed E-state index contributed by atoms with van der Waals surface area (Å²) < 4.78 is 0. The summed E-state index contributed by atoms with van der Waals surface area (Å²) in [5.41, 5.74) is 3.57. The number of hydrogen-bond donors (Lipinski definition) is 1. The van der Waals surface area contributed by atoms with Gasteiger partial charge in [0.05, 0.1) is 6.10 Å². The van der Waals surface area contributed by atoms with Crippen LogP contribution in [0.4, 0.5) is 0 Å². The van der Waals surface area contributed by atoms with Crippen LogP contribution >= 0.6 is 11.8 Å². The Balaban J connectivity index is 1.94. The Hall–Kier alpha value is -1.25. The second kappa shape index (κ2) is 6.96. The molecule has 106 valence electrons. The van der Waals surface area contributed by atoms with Gasteiger partial charge in [-0.25, -0.2) is 0 Å². The molecule has 0 amide bonds. The van der Waals surface area contributed by atoms with Crippen LogP contribution < -0.4 is 0 Å². The predicted molar refractivity (Wildman–Crippen MR) is 87.4 cm³/mol. The van der Waals surface area contributed by atoms with Crippen LogP contribution in [-0.2, 0) is 0 Å². The van der Waals surface area contributed by atoms with Crippen LogP contribution in [0.1, 0.15) is 42.6 Å². The van der Waals surface area contributed by atoms with E-state index in [2.05, 4.69) is 57.2 Å². The van der Waals surface area contributed by atoms with E-state index in [-0.39, 0.29) is 0 Å². The third-order valence-electron chi connectivity index (χ3n) is 3.42. The summed E-state index contributed by atoms with van der Waals surface area (Å²) in [6.45, 7) is 6.44. The molecule has 1 nitrogen and oxygen atoms in total. The van der Waals surface area contributed by atoms with Gasteiger partial charge >= 0.3 is 0 Å². The Morgan fingerprint density at radius 2 is 1.45 bits per heavy atom. The van der Waals surface area contributed by atoms with Gasteiger partial charge in [-0.1, -0.05) is 55.8 Å². The van der Waals surface area contributed by atoms with Gasteiger partial charge in [-0.05, 0) is 36.1 Å². The van der Waals surface area contributed by atoms with Crippen molar-refractivity contribution in [2.24, 2.45) is 0 Å². The molecule has 1 unspecified atom stereocenters. The highest BCUT2D eigenvalue weighted by Crippen LogP contribution is 2.26. The zero-order valence-electron chi connectivity index (χ0n) is 12.3. The van der Waals surface area contributed by atoms with Crippen LogP contribution in [-0.4, -0.2) is 10.9 Å². The molecule has 1 N–H and O–H groups in total. The first-order chi connectivity index (χ1) is 9.56. The number of rotatable bonds is 5. The fourth-order valence-corrected chi connectivity index (χ4v) is 2.88. The SMILES string of the molecule is Cc1ccc(SCC(O)c2ccc(C(C)C)cc2)cc1. The van der Waals surface area contributed by atoms with E-state index < -0.39 is 6.10 Å². The summed E-state index contributed by atoms with van der Waals surface area (Å²) >= 11 is 1.69. The first kappa shape index (κ1) is 15.1. The monoisotopic (exact) mass is 286 g/mol. The lowest BCUT2D eigenvalue weighted by Gasteiger charge is -2.12. The van der Waals surface area contributed by atoms with Crippen molar-refractivity contribution in [1.29, 1.82) is 0 Å². The molecule has 0 saturated heterocycles. The zero-order chi connectivity index (χ0) is 14.5.